The molecule has 4 fully saturated rings. The van der Waals surface area contributed by atoms with Crippen LogP contribution in [0.4, 0.5) is 8.78 Å². The Balaban J connectivity index is 1.69. The molecule has 0 spiro atoms. The van der Waals surface area contributed by atoms with Crippen molar-refractivity contribution in [1.29, 1.82) is 0 Å². The van der Waals surface area contributed by atoms with Crippen LogP contribution >= 0.6 is 0 Å². The molecule has 3 heteroatoms. The summed E-state index contributed by atoms with van der Waals surface area (Å²) >= 11 is 0. The number of hydrogen-bond acceptors (Lipinski definition) is 1. The van der Waals surface area contributed by atoms with Crippen LogP contribution in [0.2, 0.25) is 0 Å². The molecule has 4 saturated carbocycles. The number of hydrogen-bond donors (Lipinski definition) is 1. The van der Waals surface area contributed by atoms with E-state index in [0.717, 1.165) is 25.3 Å². The van der Waals surface area contributed by atoms with Gasteiger partial charge < -0.3 is 5.11 Å². The molecule has 4 aliphatic rings. The molecule has 1 aromatic carbocycles. The molecule has 1 aromatic rings. The van der Waals surface area contributed by atoms with Gasteiger partial charge in [0.1, 0.15) is 11.6 Å². The second-order valence-corrected chi connectivity index (χ2v) is 7.39. The van der Waals surface area contributed by atoms with Crippen molar-refractivity contribution < 1.29 is 13.9 Å². The van der Waals surface area contributed by atoms with Crippen LogP contribution in [0.25, 0.3) is 0 Å². The summed E-state index contributed by atoms with van der Waals surface area (Å²) in [4.78, 5) is 0. The molecule has 0 aliphatic heterocycles. The van der Waals surface area contributed by atoms with Gasteiger partial charge in [-0.25, -0.2) is 8.78 Å². The summed E-state index contributed by atoms with van der Waals surface area (Å²) in [5.41, 5.74) is 0.291. The van der Waals surface area contributed by atoms with E-state index in [9.17, 15) is 13.9 Å². The largest absolute Gasteiger partial charge is 0.388 e. The van der Waals surface area contributed by atoms with Crippen LogP contribution in [0, 0.1) is 34.8 Å². The van der Waals surface area contributed by atoms with Crippen LogP contribution in [0.5, 0.6) is 0 Å². The van der Waals surface area contributed by atoms with Gasteiger partial charge in [0, 0.05) is 11.5 Å². The van der Waals surface area contributed by atoms with E-state index in [-0.39, 0.29) is 5.41 Å². The molecule has 1 atom stereocenters. The minimum atomic E-state index is -0.721. The highest BCUT2D eigenvalue weighted by atomic mass is 19.1. The van der Waals surface area contributed by atoms with E-state index < -0.39 is 17.7 Å². The molecule has 108 valence electrons. The molecule has 0 amide bonds. The lowest BCUT2D eigenvalue weighted by molar-refractivity contribution is -0.122. The van der Waals surface area contributed by atoms with Crippen LogP contribution in [0.15, 0.2) is 18.2 Å². The highest BCUT2D eigenvalue weighted by molar-refractivity contribution is 5.23. The molecule has 1 unspecified atom stereocenters. The summed E-state index contributed by atoms with van der Waals surface area (Å²) in [6, 6.07) is 3.47. The predicted molar refractivity (Wildman–Crippen MR) is 71.9 cm³/mol. The normalized spacial score (nSPS) is 40.0. The number of aliphatic hydroxyl groups excluding tert-OH is 1. The van der Waals surface area contributed by atoms with Gasteiger partial charge in [0.25, 0.3) is 0 Å². The van der Waals surface area contributed by atoms with Crippen molar-refractivity contribution in [1.82, 2.24) is 0 Å². The van der Waals surface area contributed by atoms with Crippen molar-refractivity contribution in [3.8, 4) is 0 Å². The van der Waals surface area contributed by atoms with Crippen molar-refractivity contribution in [3.63, 3.8) is 0 Å². The Morgan fingerprint density at radius 1 is 0.900 bits per heavy atom. The number of halogens is 2. The van der Waals surface area contributed by atoms with E-state index in [0.29, 0.717) is 23.3 Å². The van der Waals surface area contributed by atoms with E-state index in [1.807, 2.05) is 0 Å². The minimum absolute atomic E-state index is 0.130. The Kier molecular flexibility index (Phi) is 2.72. The fourth-order valence-electron chi connectivity index (χ4n) is 5.60. The Labute approximate surface area is 118 Å². The van der Waals surface area contributed by atoms with Gasteiger partial charge in [-0.15, -0.1) is 0 Å². The fourth-order valence-corrected chi connectivity index (χ4v) is 5.60. The van der Waals surface area contributed by atoms with Gasteiger partial charge in [-0.1, -0.05) is 0 Å². The third-order valence-corrected chi connectivity index (χ3v) is 5.87. The lowest BCUT2D eigenvalue weighted by Gasteiger charge is -2.58. The van der Waals surface area contributed by atoms with Crippen LogP contribution in [-0.2, 0) is 0 Å². The smallest absolute Gasteiger partial charge is 0.126 e. The Morgan fingerprint density at radius 3 is 1.80 bits per heavy atom. The van der Waals surface area contributed by atoms with Crippen molar-refractivity contribution >= 4 is 0 Å². The molecule has 5 rings (SSSR count). The third-order valence-electron chi connectivity index (χ3n) is 5.87. The maximum absolute atomic E-state index is 13.4. The van der Waals surface area contributed by atoms with Gasteiger partial charge in [-0.3, -0.25) is 0 Å². The maximum atomic E-state index is 13.4. The van der Waals surface area contributed by atoms with E-state index in [1.54, 1.807) is 0 Å². The molecule has 1 N–H and O–H groups in total. The van der Waals surface area contributed by atoms with Crippen molar-refractivity contribution in [2.45, 2.75) is 44.6 Å². The molecule has 0 saturated heterocycles. The number of benzene rings is 1. The second-order valence-electron chi connectivity index (χ2n) is 7.39. The van der Waals surface area contributed by atoms with Crippen LogP contribution in [0.3, 0.4) is 0 Å². The zero-order chi connectivity index (χ0) is 13.9. The van der Waals surface area contributed by atoms with Crippen LogP contribution in [0.1, 0.15) is 50.2 Å². The molecule has 4 aliphatic carbocycles. The van der Waals surface area contributed by atoms with Gasteiger partial charge in [0.2, 0.25) is 0 Å². The van der Waals surface area contributed by atoms with E-state index in [1.165, 1.54) is 31.4 Å². The highest BCUT2D eigenvalue weighted by Gasteiger charge is 2.54. The van der Waals surface area contributed by atoms with Gasteiger partial charge in [-0.2, -0.15) is 0 Å². The van der Waals surface area contributed by atoms with E-state index >= 15 is 0 Å². The quantitative estimate of drug-likeness (QED) is 0.859. The summed E-state index contributed by atoms with van der Waals surface area (Å²) in [5.74, 6) is 0.963. The lowest BCUT2D eigenvalue weighted by Crippen LogP contribution is -2.48. The standard InChI is InChI=1S/C17H20F2O/c18-14-4-13(5-15(19)6-14)16(20)17-7-10-1-11(8-17)3-12(2-10)9-17/h4-6,10-12,16,20H,1-3,7-9H2. The molecule has 0 aromatic heterocycles. The first kappa shape index (κ1) is 12.8. The summed E-state index contributed by atoms with van der Waals surface area (Å²) in [5, 5.41) is 10.8. The van der Waals surface area contributed by atoms with Gasteiger partial charge in [0.15, 0.2) is 0 Å². The first-order valence-electron chi connectivity index (χ1n) is 7.68. The Hall–Kier alpha value is -0.960. The summed E-state index contributed by atoms with van der Waals surface area (Å²) in [6.07, 6.45) is 6.24. The molecule has 1 nitrogen and oxygen atoms in total. The molecule has 4 bridgehead atoms. The second kappa shape index (κ2) is 4.27. The Morgan fingerprint density at radius 2 is 1.35 bits per heavy atom. The maximum Gasteiger partial charge on any atom is 0.126 e. The topological polar surface area (TPSA) is 20.2 Å². The number of rotatable bonds is 2. The molecular weight excluding hydrogens is 258 g/mol. The Bertz CT molecular complexity index is 484. The van der Waals surface area contributed by atoms with Crippen molar-refractivity contribution in [3.05, 3.63) is 35.4 Å². The number of aliphatic hydroxyl groups is 1. The molecular formula is C17H20F2O. The first-order valence-corrected chi connectivity index (χ1v) is 7.68. The van der Waals surface area contributed by atoms with Gasteiger partial charge >= 0.3 is 0 Å². The summed E-state index contributed by atoms with van der Waals surface area (Å²) in [7, 11) is 0. The predicted octanol–water partition coefficient (Wildman–Crippen LogP) is 4.21. The van der Waals surface area contributed by atoms with Crippen LogP contribution in [-0.4, -0.2) is 5.11 Å². The molecule has 0 heterocycles. The molecule has 0 radical (unpaired) electrons. The zero-order valence-electron chi connectivity index (χ0n) is 11.5. The average Bonchev–Trinajstić information content (AvgIpc) is 2.35. The summed E-state index contributed by atoms with van der Waals surface area (Å²) in [6.45, 7) is 0. The summed E-state index contributed by atoms with van der Waals surface area (Å²) < 4.78 is 26.8. The highest BCUT2D eigenvalue weighted by Crippen LogP contribution is 2.64. The van der Waals surface area contributed by atoms with Crippen molar-refractivity contribution in [2.24, 2.45) is 23.2 Å². The van der Waals surface area contributed by atoms with E-state index in [4.69, 9.17) is 0 Å². The molecule has 20 heavy (non-hydrogen) atoms. The van der Waals surface area contributed by atoms with Gasteiger partial charge in [0.05, 0.1) is 6.10 Å². The third kappa shape index (κ3) is 1.90. The van der Waals surface area contributed by atoms with E-state index in [2.05, 4.69) is 0 Å². The fraction of sp³-hybridized carbons (Fsp3) is 0.647. The average molecular weight is 278 g/mol. The lowest BCUT2D eigenvalue weighted by atomic mass is 9.47. The van der Waals surface area contributed by atoms with Crippen molar-refractivity contribution in [2.75, 3.05) is 0 Å². The zero-order valence-corrected chi connectivity index (χ0v) is 11.5. The van der Waals surface area contributed by atoms with Gasteiger partial charge in [-0.05, 0) is 74.0 Å². The monoisotopic (exact) mass is 278 g/mol. The minimum Gasteiger partial charge on any atom is -0.388 e. The van der Waals surface area contributed by atoms with Crippen LogP contribution < -0.4 is 0 Å². The SMILES string of the molecule is OC(c1cc(F)cc(F)c1)C12CC3CC(CC(C3)C1)C2. The first-order chi connectivity index (χ1) is 9.54.